The maximum Gasteiger partial charge on any atom is 0.0701 e. The van der Waals surface area contributed by atoms with E-state index in [1.807, 2.05) is 0 Å². The van der Waals surface area contributed by atoms with Gasteiger partial charge in [-0.25, -0.2) is 0 Å². The van der Waals surface area contributed by atoms with Gasteiger partial charge in [0.25, 0.3) is 0 Å². The highest BCUT2D eigenvalue weighted by Crippen LogP contribution is 2.12. The van der Waals surface area contributed by atoms with Gasteiger partial charge in [0.2, 0.25) is 0 Å². The highest BCUT2D eigenvalue weighted by atomic mass is 127. The van der Waals surface area contributed by atoms with E-state index in [2.05, 4.69) is 29.5 Å². The molecule has 0 fully saturated rings. The van der Waals surface area contributed by atoms with Gasteiger partial charge in [-0.15, -0.1) is 0 Å². The van der Waals surface area contributed by atoms with Crippen LogP contribution in [-0.4, -0.2) is 44.1 Å². The summed E-state index contributed by atoms with van der Waals surface area (Å²) in [6.45, 7) is 6.86. The highest BCUT2D eigenvalue weighted by molar-refractivity contribution is 14.1. The van der Waals surface area contributed by atoms with Crippen LogP contribution >= 0.6 is 22.6 Å². The quantitative estimate of drug-likeness (QED) is 0.0647. The van der Waals surface area contributed by atoms with Crippen molar-refractivity contribution in [2.24, 2.45) is 0 Å². The Kier molecular flexibility index (Phi) is 29.2. The topological polar surface area (TPSA) is 27.7 Å². The third-order valence-corrected chi connectivity index (χ3v) is 6.07. The van der Waals surface area contributed by atoms with E-state index in [1.165, 1.54) is 114 Å². The summed E-state index contributed by atoms with van der Waals surface area (Å²) < 4.78 is 18.0. The molecule has 0 amide bonds. The van der Waals surface area contributed by atoms with Crippen LogP contribution in [-0.2, 0) is 14.2 Å². The fourth-order valence-corrected chi connectivity index (χ4v) is 3.96. The molecular formula is C25H51IO3. The van der Waals surface area contributed by atoms with Crippen molar-refractivity contribution in [3.05, 3.63) is 0 Å². The summed E-state index contributed by atoms with van der Waals surface area (Å²) in [5.41, 5.74) is 0. The zero-order valence-corrected chi connectivity index (χ0v) is 21.7. The maximum absolute atomic E-state index is 5.65. The molecule has 0 aliphatic carbocycles. The van der Waals surface area contributed by atoms with Gasteiger partial charge in [0.15, 0.2) is 0 Å². The van der Waals surface area contributed by atoms with Crippen LogP contribution in [0.1, 0.15) is 116 Å². The zero-order chi connectivity index (χ0) is 21.1. The monoisotopic (exact) mass is 526 g/mol. The average molecular weight is 527 g/mol. The molecule has 0 spiro atoms. The summed E-state index contributed by atoms with van der Waals surface area (Å²) in [5, 5.41) is 0. The third-order valence-electron chi connectivity index (χ3n) is 5.31. The van der Waals surface area contributed by atoms with Gasteiger partial charge in [-0.2, -0.15) is 0 Å². The zero-order valence-electron chi connectivity index (χ0n) is 19.6. The van der Waals surface area contributed by atoms with E-state index in [0.717, 1.165) is 13.2 Å². The number of hydrogen-bond donors (Lipinski definition) is 0. The Morgan fingerprint density at radius 1 is 0.379 bits per heavy atom. The lowest BCUT2D eigenvalue weighted by Crippen LogP contribution is -2.10. The second-order valence-electron chi connectivity index (χ2n) is 8.18. The molecule has 0 heterocycles. The Bertz CT molecular complexity index is 251. The van der Waals surface area contributed by atoms with Crippen molar-refractivity contribution in [2.75, 3.05) is 44.1 Å². The fraction of sp³-hybridized carbons (Fsp3) is 1.00. The van der Waals surface area contributed by atoms with Gasteiger partial charge in [0, 0.05) is 13.2 Å². The van der Waals surface area contributed by atoms with Crippen molar-refractivity contribution in [1.29, 1.82) is 0 Å². The van der Waals surface area contributed by atoms with Gasteiger partial charge >= 0.3 is 0 Å². The van der Waals surface area contributed by atoms with Crippen LogP contribution in [0.15, 0.2) is 0 Å². The Morgan fingerprint density at radius 3 is 1.07 bits per heavy atom. The molecule has 0 aliphatic rings. The Balaban J connectivity index is 2.97. The van der Waals surface area contributed by atoms with E-state index in [1.54, 1.807) is 0 Å². The molecule has 176 valence electrons. The molecule has 0 aromatic carbocycles. The normalized spacial score (nSPS) is 11.4. The van der Waals surface area contributed by atoms with Crippen LogP contribution in [0.5, 0.6) is 0 Å². The Morgan fingerprint density at radius 2 is 0.690 bits per heavy atom. The Labute approximate surface area is 196 Å². The number of rotatable bonds is 26. The summed E-state index contributed by atoms with van der Waals surface area (Å²) in [4.78, 5) is 0. The first-order valence-corrected chi connectivity index (χ1v) is 14.2. The summed E-state index contributed by atoms with van der Waals surface area (Å²) in [5.74, 6) is 0. The van der Waals surface area contributed by atoms with Crippen molar-refractivity contribution in [1.82, 2.24) is 0 Å². The first kappa shape index (κ1) is 29.6. The van der Waals surface area contributed by atoms with E-state index < -0.39 is 0 Å². The van der Waals surface area contributed by atoms with Crippen LogP contribution < -0.4 is 0 Å². The number of hydrogen-bond acceptors (Lipinski definition) is 3. The smallest absolute Gasteiger partial charge is 0.0701 e. The van der Waals surface area contributed by atoms with E-state index in [0.29, 0.717) is 26.4 Å². The summed E-state index contributed by atoms with van der Waals surface area (Å²) in [7, 11) is 0. The first-order chi connectivity index (χ1) is 14.4. The molecule has 0 atom stereocenters. The largest absolute Gasteiger partial charge is 0.379 e. The minimum atomic E-state index is 0.690. The van der Waals surface area contributed by atoms with Gasteiger partial charge in [0.05, 0.1) is 26.4 Å². The molecule has 0 N–H and O–H groups in total. The lowest BCUT2D eigenvalue weighted by molar-refractivity contribution is 0.0132. The lowest BCUT2D eigenvalue weighted by Gasteiger charge is -2.07. The highest BCUT2D eigenvalue weighted by Gasteiger charge is 1.95. The van der Waals surface area contributed by atoms with Gasteiger partial charge < -0.3 is 14.2 Å². The minimum Gasteiger partial charge on any atom is -0.379 e. The predicted octanol–water partition coefficient (Wildman–Crippen LogP) is 8.12. The molecule has 0 aromatic heterocycles. The fourth-order valence-electron chi connectivity index (χ4n) is 3.42. The van der Waals surface area contributed by atoms with Gasteiger partial charge in [-0.1, -0.05) is 119 Å². The van der Waals surface area contributed by atoms with Crippen molar-refractivity contribution >= 4 is 22.6 Å². The van der Waals surface area contributed by atoms with Crippen LogP contribution in [0.4, 0.5) is 0 Å². The van der Waals surface area contributed by atoms with E-state index in [4.69, 9.17) is 14.2 Å². The molecule has 3 nitrogen and oxygen atoms in total. The lowest BCUT2D eigenvalue weighted by atomic mass is 10.0. The van der Waals surface area contributed by atoms with E-state index >= 15 is 0 Å². The first-order valence-electron chi connectivity index (χ1n) is 12.7. The van der Waals surface area contributed by atoms with Crippen LogP contribution in [0.25, 0.3) is 0 Å². The minimum absolute atomic E-state index is 0.690. The molecular weight excluding hydrogens is 475 g/mol. The van der Waals surface area contributed by atoms with Crippen molar-refractivity contribution in [2.45, 2.75) is 116 Å². The van der Waals surface area contributed by atoms with Gasteiger partial charge in [-0.05, 0) is 23.7 Å². The second kappa shape index (κ2) is 28.6. The molecule has 4 heteroatoms. The van der Waals surface area contributed by atoms with Crippen molar-refractivity contribution in [3.8, 4) is 0 Å². The van der Waals surface area contributed by atoms with Crippen LogP contribution in [0.3, 0.4) is 0 Å². The third kappa shape index (κ3) is 28.6. The Hall–Kier alpha value is 0.610. The average Bonchev–Trinajstić information content (AvgIpc) is 2.74. The molecule has 0 saturated heterocycles. The van der Waals surface area contributed by atoms with Gasteiger partial charge in [-0.3, -0.25) is 0 Å². The van der Waals surface area contributed by atoms with Gasteiger partial charge in [0.1, 0.15) is 0 Å². The molecule has 0 bridgehead atoms. The van der Waals surface area contributed by atoms with Crippen LogP contribution in [0.2, 0.25) is 0 Å². The molecule has 0 aliphatic heterocycles. The number of alkyl halides is 1. The summed E-state index contributed by atoms with van der Waals surface area (Å²) >= 11 is 2.44. The van der Waals surface area contributed by atoms with E-state index in [-0.39, 0.29) is 0 Å². The summed E-state index contributed by atoms with van der Waals surface area (Å²) in [6, 6.07) is 0. The van der Waals surface area contributed by atoms with Crippen LogP contribution in [0, 0.1) is 0 Å². The molecule has 0 aromatic rings. The standard InChI is InChI=1S/C25H51IO3/c1-2-3-4-5-6-7-8-9-10-11-12-14-17-20-27-22-24-29-25-23-28-21-18-15-13-16-19-26/h2-25H2,1H3. The predicted molar refractivity (Wildman–Crippen MR) is 136 cm³/mol. The molecule has 29 heavy (non-hydrogen) atoms. The SMILES string of the molecule is CCCCCCCCCCCCCCCOCCOCCOCCCCCCI. The maximum atomic E-state index is 5.65. The van der Waals surface area contributed by atoms with E-state index in [9.17, 15) is 0 Å². The molecule has 0 rings (SSSR count). The molecule has 0 saturated carbocycles. The van der Waals surface area contributed by atoms with Crippen molar-refractivity contribution in [3.63, 3.8) is 0 Å². The van der Waals surface area contributed by atoms with Crippen molar-refractivity contribution < 1.29 is 14.2 Å². The second-order valence-corrected chi connectivity index (χ2v) is 9.26. The number of ether oxygens (including phenoxy) is 3. The molecule has 0 radical (unpaired) electrons. The summed E-state index contributed by atoms with van der Waals surface area (Å²) in [6.07, 6.45) is 23.3. The number of halogens is 1. The number of unbranched alkanes of at least 4 members (excludes halogenated alkanes) is 15. The molecule has 0 unspecified atom stereocenters.